The van der Waals surface area contributed by atoms with Gasteiger partial charge in [-0.1, -0.05) is 22.0 Å². The molecule has 0 aliphatic carbocycles. The highest BCUT2D eigenvalue weighted by atomic mass is 79.9. The molecule has 0 saturated carbocycles. The summed E-state index contributed by atoms with van der Waals surface area (Å²) in [4.78, 5) is 16.9. The molecule has 6 heteroatoms. The molecule has 134 valence electrons. The number of carbonyl (C=O) groups excluding carboxylic acids is 1. The number of anilines is 1. The molecule has 5 nitrogen and oxygen atoms in total. The van der Waals surface area contributed by atoms with E-state index in [2.05, 4.69) is 20.8 Å². The zero-order valence-electron chi connectivity index (χ0n) is 14.4. The molecular formula is C20H19BrN2O3. The van der Waals surface area contributed by atoms with Gasteiger partial charge in [0.15, 0.2) is 5.76 Å². The number of amides is 1. The Balaban J connectivity index is 1.51. The van der Waals surface area contributed by atoms with Crippen LogP contribution >= 0.6 is 15.9 Å². The first-order chi connectivity index (χ1) is 12.5. The number of phenolic OH excluding ortho intramolecular Hbond substituents is 1. The van der Waals surface area contributed by atoms with Gasteiger partial charge in [-0.2, -0.15) is 0 Å². The van der Waals surface area contributed by atoms with Gasteiger partial charge in [-0.3, -0.25) is 4.79 Å². The zero-order valence-corrected chi connectivity index (χ0v) is 16.0. The van der Waals surface area contributed by atoms with E-state index in [4.69, 9.17) is 4.42 Å². The Hall–Kier alpha value is -2.47. The lowest BCUT2D eigenvalue weighted by molar-refractivity contribution is 0.0716. The summed E-state index contributed by atoms with van der Waals surface area (Å²) in [6.45, 7) is 4.61. The van der Waals surface area contributed by atoms with Crippen LogP contribution in [-0.2, 0) is 0 Å². The fourth-order valence-electron chi connectivity index (χ4n) is 3.40. The van der Waals surface area contributed by atoms with E-state index in [0.717, 1.165) is 39.8 Å². The summed E-state index contributed by atoms with van der Waals surface area (Å²) >= 11 is 3.46. The summed E-state index contributed by atoms with van der Waals surface area (Å²) in [5.74, 6) is 0.611. The van der Waals surface area contributed by atoms with Crippen LogP contribution in [0.15, 0.2) is 51.4 Å². The molecule has 1 amide bonds. The Bertz CT molecular complexity index is 974. The van der Waals surface area contributed by atoms with E-state index < -0.39 is 0 Å². The highest BCUT2D eigenvalue weighted by Gasteiger charge is 2.27. The van der Waals surface area contributed by atoms with E-state index in [0.29, 0.717) is 18.8 Å². The molecule has 0 bridgehead atoms. The number of hydrogen-bond acceptors (Lipinski definition) is 4. The first-order valence-electron chi connectivity index (χ1n) is 8.55. The van der Waals surface area contributed by atoms with Gasteiger partial charge in [-0.15, -0.1) is 0 Å². The van der Waals surface area contributed by atoms with Crippen LogP contribution < -0.4 is 4.90 Å². The van der Waals surface area contributed by atoms with Gasteiger partial charge in [-0.05, 0) is 37.3 Å². The van der Waals surface area contributed by atoms with Crippen LogP contribution in [0.1, 0.15) is 16.1 Å². The molecule has 1 aliphatic heterocycles. The molecule has 0 radical (unpaired) electrons. The molecule has 0 unspecified atom stereocenters. The smallest absolute Gasteiger partial charge is 0.290 e. The third-order valence-corrected chi connectivity index (χ3v) is 5.35. The third kappa shape index (κ3) is 3.05. The monoisotopic (exact) mass is 414 g/mol. The lowest BCUT2D eigenvalue weighted by Crippen LogP contribution is -2.48. The molecule has 1 aliphatic rings. The van der Waals surface area contributed by atoms with Gasteiger partial charge in [-0.25, -0.2) is 0 Å². The Morgan fingerprint density at radius 2 is 1.88 bits per heavy atom. The number of rotatable bonds is 2. The van der Waals surface area contributed by atoms with Gasteiger partial charge < -0.3 is 19.3 Å². The van der Waals surface area contributed by atoms with E-state index in [-0.39, 0.29) is 11.7 Å². The number of nitrogens with zero attached hydrogens (tertiary/aromatic N) is 2. The number of hydrogen-bond donors (Lipinski definition) is 1. The zero-order chi connectivity index (χ0) is 18.3. The number of carbonyl (C=O) groups is 1. The van der Waals surface area contributed by atoms with Gasteiger partial charge >= 0.3 is 0 Å². The predicted molar refractivity (Wildman–Crippen MR) is 105 cm³/mol. The number of halogens is 1. The molecule has 0 spiro atoms. The number of aryl methyl sites for hydroxylation is 1. The average molecular weight is 415 g/mol. The second-order valence-corrected chi connectivity index (χ2v) is 7.41. The molecule has 4 rings (SSSR count). The highest BCUT2D eigenvalue weighted by Crippen LogP contribution is 2.29. The van der Waals surface area contributed by atoms with Gasteiger partial charge in [0.2, 0.25) is 0 Å². The topological polar surface area (TPSA) is 56.9 Å². The van der Waals surface area contributed by atoms with Crippen molar-refractivity contribution in [3.05, 3.63) is 58.3 Å². The van der Waals surface area contributed by atoms with Gasteiger partial charge in [0, 0.05) is 53.4 Å². The standard InChI is InChI=1S/C20H19BrN2O3/c1-13-17-11-14(21)5-6-18(17)26-19(13)20(25)23-9-7-22(8-10-23)15-3-2-4-16(24)12-15/h2-6,11-12,24H,7-10H2,1H3. The van der Waals surface area contributed by atoms with Gasteiger partial charge in [0.1, 0.15) is 11.3 Å². The molecule has 1 fully saturated rings. The van der Waals surface area contributed by atoms with Gasteiger partial charge in [0.05, 0.1) is 0 Å². The summed E-state index contributed by atoms with van der Waals surface area (Å²) in [5.41, 5.74) is 2.58. The first-order valence-corrected chi connectivity index (χ1v) is 9.34. The van der Waals surface area contributed by atoms with Crippen molar-refractivity contribution >= 4 is 38.5 Å². The number of furan rings is 1. The minimum atomic E-state index is -0.0645. The van der Waals surface area contributed by atoms with E-state index in [9.17, 15) is 9.90 Å². The van der Waals surface area contributed by atoms with Crippen molar-refractivity contribution in [3.8, 4) is 5.75 Å². The van der Waals surface area contributed by atoms with Crippen LogP contribution in [0.4, 0.5) is 5.69 Å². The van der Waals surface area contributed by atoms with Crippen molar-refractivity contribution in [2.24, 2.45) is 0 Å². The second-order valence-electron chi connectivity index (χ2n) is 6.50. The van der Waals surface area contributed by atoms with Crippen LogP contribution in [0, 0.1) is 6.92 Å². The molecule has 1 N–H and O–H groups in total. The fraction of sp³-hybridized carbons (Fsp3) is 0.250. The number of phenols is 1. The summed E-state index contributed by atoms with van der Waals surface area (Å²) < 4.78 is 6.80. The highest BCUT2D eigenvalue weighted by molar-refractivity contribution is 9.10. The summed E-state index contributed by atoms with van der Waals surface area (Å²) in [6, 6.07) is 13.0. The van der Waals surface area contributed by atoms with Crippen molar-refractivity contribution in [3.63, 3.8) is 0 Å². The summed E-state index contributed by atoms with van der Waals surface area (Å²) in [6.07, 6.45) is 0. The van der Waals surface area contributed by atoms with Crippen LogP contribution in [0.25, 0.3) is 11.0 Å². The quantitative estimate of drug-likeness (QED) is 0.683. The maximum atomic E-state index is 12.9. The molecule has 3 aromatic rings. The lowest BCUT2D eigenvalue weighted by atomic mass is 10.1. The molecule has 26 heavy (non-hydrogen) atoms. The maximum Gasteiger partial charge on any atom is 0.290 e. The van der Waals surface area contributed by atoms with Crippen LogP contribution in [-0.4, -0.2) is 42.1 Å². The molecule has 1 saturated heterocycles. The molecule has 0 atom stereocenters. The summed E-state index contributed by atoms with van der Waals surface area (Å²) in [7, 11) is 0. The number of aromatic hydroxyl groups is 1. The second kappa shape index (κ2) is 6.68. The van der Waals surface area contributed by atoms with Crippen molar-refractivity contribution < 1.29 is 14.3 Å². The van der Waals surface area contributed by atoms with E-state index >= 15 is 0 Å². The van der Waals surface area contributed by atoms with Crippen molar-refractivity contribution in [1.29, 1.82) is 0 Å². The van der Waals surface area contributed by atoms with E-state index in [1.807, 2.05) is 42.2 Å². The number of piperazine rings is 1. The van der Waals surface area contributed by atoms with Crippen LogP contribution in [0.2, 0.25) is 0 Å². The van der Waals surface area contributed by atoms with Gasteiger partial charge in [0.25, 0.3) is 5.91 Å². The Labute approximate surface area is 159 Å². The molecule has 1 aromatic heterocycles. The maximum absolute atomic E-state index is 12.9. The fourth-order valence-corrected chi connectivity index (χ4v) is 3.76. The Morgan fingerprint density at radius 3 is 2.62 bits per heavy atom. The normalized spacial score (nSPS) is 14.8. The van der Waals surface area contributed by atoms with Crippen molar-refractivity contribution in [1.82, 2.24) is 4.90 Å². The number of fused-ring (bicyclic) bond motifs is 1. The van der Waals surface area contributed by atoms with E-state index in [1.54, 1.807) is 12.1 Å². The third-order valence-electron chi connectivity index (χ3n) is 4.85. The summed E-state index contributed by atoms with van der Waals surface area (Å²) in [5, 5.41) is 10.6. The Kier molecular flexibility index (Phi) is 4.36. The number of benzene rings is 2. The first kappa shape index (κ1) is 17.0. The minimum Gasteiger partial charge on any atom is -0.508 e. The SMILES string of the molecule is Cc1c(C(=O)N2CCN(c3cccc(O)c3)CC2)oc2ccc(Br)cc12. The minimum absolute atomic E-state index is 0.0645. The predicted octanol–water partition coefficient (Wildman–Crippen LogP) is 4.17. The lowest BCUT2D eigenvalue weighted by Gasteiger charge is -2.35. The van der Waals surface area contributed by atoms with Crippen LogP contribution in [0.3, 0.4) is 0 Å². The molecular weight excluding hydrogens is 396 g/mol. The largest absolute Gasteiger partial charge is 0.508 e. The average Bonchev–Trinajstić information content (AvgIpc) is 2.97. The van der Waals surface area contributed by atoms with Crippen molar-refractivity contribution in [2.45, 2.75) is 6.92 Å². The molecule has 2 heterocycles. The Morgan fingerprint density at radius 1 is 1.12 bits per heavy atom. The molecule has 2 aromatic carbocycles. The van der Waals surface area contributed by atoms with Crippen LogP contribution in [0.5, 0.6) is 5.75 Å². The van der Waals surface area contributed by atoms with E-state index in [1.165, 1.54) is 0 Å². The van der Waals surface area contributed by atoms with Crippen molar-refractivity contribution in [2.75, 3.05) is 31.1 Å².